The fourth-order valence-corrected chi connectivity index (χ4v) is 3.80. The molecule has 1 aliphatic heterocycles. The van der Waals surface area contributed by atoms with Crippen LogP contribution >= 0.6 is 0 Å². The van der Waals surface area contributed by atoms with Crippen LogP contribution in [0.1, 0.15) is 44.8 Å². The van der Waals surface area contributed by atoms with E-state index in [9.17, 15) is 4.79 Å². The molecule has 0 N–H and O–H groups in total. The van der Waals surface area contributed by atoms with E-state index in [1.807, 2.05) is 41.6 Å². The van der Waals surface area contributed by atoms with E-state index in [2.05, 4.69) is 17.3 Å². The Labute approximate surface area is 163 Å². The van der Waals surface area contributed by atoms with Gasteiger partial charge >= 0.3 is 0 Å². The van der Waals surface area contributed by atoms with Crippen molar-refractivity contribution < 1.29 is 14.1 Å². The van der Waals surface area contributed by atoms with Crippen molar-refractivity contribution in [2.75, 3.05) is 19.8 Å². The van der Waals surface area contributed by atoms with E-state index in [4.69, 9.17) is 14.4 Å². The Bertz CT molecular complexity index is 977. The van der Waals surface area contributed by atoms with Gasteiger partial charge in [-0.1, -0.05) is 35.5 Å². The summed E-state index contributed by atoms with van der Waals surface area (Å²) in [7, 11) is 0. The molecule has 0 bridgehead atoms. The van der Waals surface area contributed by atoms with Gasteiger partial charge in [-0.05, 0) is 26.3 Å². The van der Waals surface area contributed by atoms with Crippen LogP contribution < -0.4 is 0 Å². The molecule has 1 aromatic carbocycles. The quantitative estimate of drug-likeness (QED) is 0.695. The van der Waals surface area contributed by atoms with Crippen LogP contribution in [0, 0.1) is 20.8 Å². The second-order valence-electron chi connectivity index (χ2n) is 7.15. The topological polar surface area (TPSA) is 73.4 Å². The maximum absolute atomic E-state index is 13.0. The van der Waals surface area contributed by atoms with Crippen LogP contribution in [-0.4, -0.2) is 45.5 Å². The highest BCUT2D eigenvalue weighted by Gasteiger charge is 2.34. The van der Waals surface area contributed by atoms with Gasteiger partial charge in [-0.3, -0.25) is 9.48 Å². The summed E-state index contributed by atoms with van der Waals surface area (Å²) in [5, 5.41) is 8.58. The number of rotatable bonds is 4. The van der Waals surface area contributed by atoms with Crippen LogP contribution in [-0.2, 0) is 11.3 Å². The molecule has 1 aliphatic rings. The largest absolute Gasteiger partial charge is 0.377 e. The lowest BCUT2D eigenvalue weighted by Crippen LogP contribution is -2.43. The molecule has 0 unspecified atom stereocenters. The summed E-state index contributed by atoms with van der Waals surface area (Å²) >= 11 is 0. The minimum Gasteiger partial charge on any atom is -0.377 e. The zero-order valence-electron chi connectivity index (χ0n) is 16.4. The van der Waals surface area contributed by atoms with Crippen molar-refractivity contribution >= 4 is 5.91 Å². The summed E-state index contributed by atoms with van der Waals surface area (Å²) in [6.45, 7) is 7.98. The average Bonchev–Trinajstić information content (AvgIpc) is 3.25. The van der Waals surface area contributed by atoms with Crippen molar-refractivity contribution in [3.05, 3.63) is 70.4 Å². The molecule has 0 aliphatic carbocycles. The van der Waals surface area contributed by atoms with Crippen LogP contribution in [0.4, 0.5) is 0 Å². The van der Waals surface area contributed by atoms with Gasteiger partial charge in [0.2, 0.25) is 5.76 Å². The third kappa shape index (κ3) is 3.45. The molecule has 4 rings (SSSR count). The van der Waals surface area contributed by atoms with Gasteiger partial charge < -0.3 is 14.2 Å². The lowest BCUT2D eigenvalue weighted by atomic mass is 10.0. The van der Waals surface area contributed by atoms with Crippen LogP contribution in [0.25, 0.3) is 0 Å². The zero-order valence-corrected chi connectivity index (χ0v) is 16.4. The first kappa shape index (κ1) is 18.4. The Kier molecular flexibility index (Phi) is 5.00. The standard InChI is InChI=1S/C21H24N4O3/c1-14-11-19(28-23-14)21(26)24-9-10-27-13-18(24)20-15(2)22-25(16(20)3)12-17-7-5-4-6-8-17/h4-8,11,18H,9-10,12-13H2,1-3H3/t18-/m0/s1. The molecule has 2 aromatic heterocycles. The number of carbonyl (C=O) groups excluding carboxylic acids is 1. The second-order valence-corrected chi connectivity index (χ2v) is 7.15. The highest BCUT2D eigenvalue weighted by atomic mass is 16.5. The molecule has 3 heterocycles. The van der Waals surface area contributed by atoms with Gasteiger partial charge in [0.15, 0.2) is 0 Å². The van der Waals surface area contributed by atoms with E-state index in [-0.39, 0.29) is 17.7 Å². The maximum Gasteiger partial charge on any atom is 0.293 e. The number of carbonyl (C=O) groups is 1. The number of nitrogens with zero attached hydrogens (tertiary/aromatic N) is 4. The number of hydrogen-bond acceptors (Lipinski definition) is 5. The van der Waals surface area contributed by atoms with E-state index in [0.29, 0.717) is 32.0 Å². The normalized spacial score (nSPS) is 17.1. The molecule has 1 amide bonds. The molecule has 3 aromatic rings. The molecule has 28 heavy (non-hydrogen) atoms. The van der Waals surface area contributed by atoms with E-state index < -0.39 is 0 Å². The fourth-order valence-electron chi connectivity index (χ4n) is 3.80. The molecule has 0 saturated carbocycles. The van der Waals surface area contributed by atoms with Crippen molar-refractivity contribution in [1.82, 2.24) is 19.8 Å². The molecular weight excluding hydrogens is 356 g/mol. The molecule has 0 spiro atoms. The predicted octanol–water partition coefficient (Wildman–Crippen LogP) is 3.06. The van der Waals surface area contributed by atoms with Crippen LogP contribution in [0.15, 0.2) is 40.9 Å². The van der Waals surface area contributed by atoms with E-state index >= 15 is 0 Å². The van der Waals surface area contributed by atoms with Crippen molar-refractivity contribution in [3.63, 3.8) is 0 Å². The van der Waals surface area contributed by atoms with E-state index in [0.717, 1.165) is 17.0 Å². The summed E-state index contributed by atoms with van der Waals surface area (Å²) in [6, 6.07) is 11.7. The monoisotopic (exact) mass is 380 g/mol. The third-order valence-corrected chi connectivity index (χ3v) is 5.17. The van der Waals surface area contributed by atoms with Crippen molar-refractivity contribution in [1.29, 1.82) is 0 Å². The van der Waals surface area contributed by atoms with Gasteiger partial charge in [-0.2, -0.15) is 5.10 Å². The number of aryl methyl sites for hydroxylation is 2. The summed E-state index contributed by atoms with van der Waals surface area (Å²) in [6.07, 6.45) is 0. The SMILES string of the molecule is Cc1cc(C(=O)N2CCOC[C@H]2c2c(C)nn(Cc3ccccc3)c2C)on1. The lowest BCUT2D eigenvalue weighted by molar-refractivity contribution is -0.00500. The van der Waals surface area contributed by atoms with Gasteiger partial charge in [-0.15, -0.1) is 0 Å². The Balaban J connectivity index is 1.65. The molecule has 1 atom stereocenters. The van der Waals surface area contributed by atoms with Crippen LogP contribution in [0.2, 0.25) is 0 Å². The van der Waals surface area contributed by atoms with Gasteiger partial charge in [0, 0.05) is 23.9 Å². The Morgan fingerprint density at radius 2 is 2.00 bits per heavy atom. The van der Waals surface area contributed by atoms with E-state index in [1.165, 1.54) is 5.56 Å². The van der Waals surface area contributed by atoms with Crippen molar-refractivity contribution in [2.24, 2.45) is 0 Å². The van der Waals surface area contributed by atoms with Gasteiger partial charge in [0.05, 0.1) is 37.2 Å². The molecule has 7 nitrogen and oxygen atoms in total. The first-order chi connectivity index (χ1) is 13.5. The van der Waals surface area contributed by atoms with Gasteiger partial charge in [0.25, 0.3) is 5.91 Å². The Hall–Kier alpha value is -2.93. The first-order valence-electron chi connectivity index (χ1n) is 9.44. The lowest BCUT2D eigenvalue weighted by Gasteiger charge is -2.35. The number of ether oxygens (including phenoxy) is 1. The molecular formula is C21H24N4O3. The number of benzene rings is 1. The molecule has 146 valence electrons. The third-order valence-electron chi connectivity index (χ3n) is 5.17. The van der Waals surface area contributed by atoms with Crippen LogP contribution in [0.5, 0.6) is 0 Å². The van der Waals surface area contributed by atoms with E-state index in [1.54, 1.807) is 13.0 Å². The number of morpholine rings is 1. The van der Waals surface area contributed by atoms with Crippen LogP contribution in [0.3, 0.4) is 0 Å². The molecule has 0 radical (unpaired) electrons. The second kappa shape index (κ2) is 7.59. The fraction of sp³-hybridized carbons (Fsp3) is 0.381. The highest BCUT2D eigenvalue weighted by Crippen LogP contribution is 2.31. The Morgan fingerprint density at radius 3 is 2.71 bits per heavy atom. The van der Waals surface area contributed by atoms with Gasteiger partial charge in [-0.25, -0.2) is 0 Å². The minimum atomic E-state index is -0.198. The number of aromatic nitrogens is 3. The summed E-state index contributed by atoms with van der Waals surface area (Å²) < 4.78 is 12.9. The Morgan fingerprint density at radius 1 is 1.21 bits per heavy atom. The minimum absolute atomic E-state index is 0.163. The molecule has 1 saturated heterocycles. The zero-order chi connectivity index (χ0) is 19.7. The van der Waals surface area contributed by atoms with Crippen molar-refractivity contribution in [3.8, 4) is 0 Å². The first-order valence-corrected chi connectivity index (χ1v) is 9.44. The predicted molar refractivity (Wildman–Crippen MR) is 103 cm³/mol. The number of amides is 1. The highest BCUT2D eigenvalue weighted by molar-refractivity contribution is 5.92. The van der Waals surface area contributed by atoms with Crippen molar-refractivity contribution in [2.45, 2.75) is 33.4 Å². The smallest absolute Gasteiger partial charge is 0.293 e. The molecule has 7 heteroatoms. The number of hydrogen-bond donors (Lipinski definition) is 0. The summed E-state index contributed by atoms with van der Waals surface area (Å²) in [5.74, 6) is 0.0971. The molecule has 1 fully saturated rings. The average molecular weight is 380 g/mol. The maximum atomic E-state index is 13.0. The summed E-state index contributed by atoms with van der Waals surface area (Å²) in [5.41, 5.74) is 4.87. The summed E-state index contributed by atoms with van der Waals surface area (Å²) in [4.78, 5) is 14.8. The van der Waals surface area contributed by atoms with Gasteiger partial charge in [0.1, 0.15) is 0 Å².